The van der Waals surface area contributed by atoms with E-state index in [1.807, 2.05) is 4.72 Å². The van der Waals surface area contributed by atoms with Crippen LogP contribution in [0.4, 0.5) is 0 Å². The second-order valence-electron chi connectivity index (χ2n) is 8.08. The summed E-state index contributed by atoms with van der Waals surface area (Å²) in [6.45, 7) is 2.89. The van der Waals surface area contributed by atoms with E-state index in [0.717, 1.165) is 0 Å². The fourth-order valence-corrected chi connectivity index (χ4v) is 4.91. The lowest BCUT2D eigenvalue weighted by Crippen LogP contribution is -2.41. The number of allylic oxidation sites excluding steroid dienone is 1. The lowest BCUT2D eigenvalue weighted by molar-refractivity contribution is -0.139. The number of nitrogens with one attached hydrogen (secondary N) is 3. The van der Waals surface area contributed by atoms with Gasteiger partial charge in [0.05, 0.1) is 56.0 Å². The Labute approximate surface area is 230 Å². The molecule has 0 bridgehead atoms. The molecule has 1 aliphatic heterocycles. The van der Waals surface area contributed by atoms with E-state index in [1.165, 1.54) is 25.5 Å². The van der Waals surface area contributed by atoms with Crippen molar-refractivity contribution in [2.45, 2.75) is 19.8 Å². The molecule has 1 aromatic carbocycles. The molecule has 3 N–H and O–H groups in total. The SMILES string of the molecule is CCOC(=O)C1=C(COCCNS(=O)(=O)NC(=O)c2ccco2)NC(C)=C(C(=O)OC)C1c1ccccc1Cl. The number of carbonyl (C=O) groups is 3. The van der Waals surface area contributed by atoms with Crippen LogP contribution in [0.3, 0.4) is 0 Å². The minimum atomic E-state index is -4.19. The van der Waals surface area contributed by atoms with Crippen LogP contribution in [0, 0.1) is 0 Å². The first-order valence-electron chi connectivity index (χ1n) is 11.7. The standard InChI is InChI=1S/C25H28ClN3O9S/c1-4-37-25(32)22-18(14-36-13-11-27-39(33,34)29-23(30)19-10-7-12-38-19)28-15(2)20(24(31)35-3)21(22)16-8-5-6-9-17(16)26/h5-10,12,21,27-28H,4,11,13-14H2,1-3H3,(H,29,30). The van der Waals surface area contributed by atoms with Crippen molar-refractivity contribution in [1.29, 1.82) is 0 Å². The summed E-state index contributed by atoms with van der Waals surface area (Å²) < 4.78 is 49.0. The van der Waals surface area contributed by atoms with Gasteiger partial charge in [0.25, 0.3) is 0 Å². The minimum Gasteiger partial charge on any atom is -0.466 e. The van der Waals surface area contributed by atoms with Crippen LogP contribution in [-0.2, 0) is 34.0 Å². The monoisotopic (exact) mass is 581 g/mol. The van der Waals surface area contributed by atoms with Crippen LogP contribution in [0.1, 0.15) is 35.9 Å². The van der Waals surface area contributed by atoms with Gasteiger partial charge in [0.1, 0.15) is 0 Å². The number of halogens is 1. The lowest BCUT2D eigenvalue weighted by atomic mass is 9.80. The fourth-order valence-electron chi connectivity index (χ4n) is 3.90. The number of rotatable bonds is 12. The second kappa shape index (κ2) is 13.4. The van der Waals surface area contributed by atoms with Crippen molar-refractivity contribution in [2.75, 3.05) is 33.5 Å². The van der Waals surface area contributed by atoms with Gasteiger partial charge in [-0.3, -0.25) is 4.79 Å². The van der Waals surface area contributed by atoms with E-state index in [0.29, 0.717) is 22.0 Å². The molecule has 0 saturated carbocycles. The van der Waals surface area contributed by atoms with Gasteiger partial charge in [-0.2, -0.15) is 13.1 Å². The molecule has 1 aliphatic rings. The molecule has 1 amide bonds. The topological polar surface area (TPSA) is 162 Å². The summed E-state index contributed by atoms with van der Waals surface area (Å²) in [7, 11) is -2.95. The first-order valence-corrected chi connectivity index (χ1v) is 13.6. The summed E-state index contributed by atoms with van der Waals surface area (Å²) >= 11 is 6.47. The minimum absolute atomic E-state index is 0.0769. The fraction of sp³-hybridized carbons (Fsp3) is 0.320. The number of benzene rings is 1. The number of furan rings is 1. The Morgan fingerprint density at radius 2 is 1.85 bits per heavy atom. The maximum Gasteiger partial charge on any atom is 0.336 e. The number of esters is 2. The summed E-state index contributed by atoms with van der Waals surface area (Å²) in [5.74, 6) is -3.36. The maximum absolute atomic E-state index is 13.2. The molecule has 39 heavy (non-hydrogen) atoms. The molecule has 14 heteroatoms. The van der Waals surface area contributed by atoms with E-state index in [4.69, 9.17) is 30.2 Å². The summed E-state index contributed by atoms with van der Waals surface area (Å²) in [5, 5.41) is 3.35. The molecule has 0 spiro atoms. The normalized spacial score (nSPS) is 15.5. The number of hydrogen-bond donors (Lipinski definition) is 3. The van der Waals surface area contributed by atoms with E-state index in [2.05, 4.69) is 10.0 Å². The maximum atomic E-state index is 13.2. The third kappa shape index (κ3) is 7.47. The van der Waals surface area contributed by atoms with Crippen molar-refractivity contribution in [3.8, 4) is 0 Å². The van der Waals surface area contributed by atoms with Gasteiger partial charge in [-0.25, -0.2) is 14.3 Å². The molecule has 0 saturated heterocycles. The molecular weight excluding hydrogens is 554 g/mol. The number of hydrogen-bond acceptors (Lipinski definition) is 10. The van der Waals surface area contributed by atoms with Crippen molar-refractivity contribution in [1.82, 2.24) is 14.8 Å². The molecular formula is C25H28ClN3O9S. The van der Waals surface area contributed by atoms with Gasteiger partial charge >= 0.3 is 28.1 Å². The molecule has 3 rings (SSSR count). The quantitative estimate of drug-likeness (QED) is 0.250. The Morgan fingerprint density at radius 1 is 1.10 bits per heavy atom. The number of amides is 1. The third-order valence-corrected chi connectivity index (χ3v) is 6.90. The highest BCUT2D eigenvalue weighted by Crippen LogP contribution is 2.41. The summed E-state index contributed by atoms with van der Waals surface area (Å²) in [5.41, 5.74) is 1.48. The molecule has 0 fully saturated rings. The van der Waals surface area contributed by atoms with Gasteiger partial charge in [0, 0.05) is 17.3 Å². The summed E-state index contributed by atoms with van der Waals surface area (Å²) in [6.07, 6.45) is 1.24. The molecule has 210 valence electrons. The Kier molecular flexibility index (Phi) is 10.3. The summed E-state index contributed by atoms with van der Waals surface area (Å²) in [4.78, 5) is 37.8. The number of carbonyl (C=O) groups excluding carboxylic acids is 3. The van der Waals surface area contributed by atoms with E-state index >= 15 is 0 Å². The highest BCUT2D eigenvalue weighted by molar-refractivity contribution is 7.88. The Hall–Kier alpha value is -3.65. The smallest absolute Gasteiger partial charge is 0.336 e. The Bertz CT molecular complexity index is 1390. The third-order valence-electron chi connectivity index (χ3n) is 5.52. The van der Waals surface area contributed by atoms with Crippen molar-refractivity contribution in [3.63, 3.8) is 0 Å². The number of dihydropyridines is 1. The van der Waals surface area contributed by atoms with Gasteiger partial charge in [0.15, 0.2) is 5.76 Å². The van der Waals surface area contributed by atoms with E-state index in [9.17, 15) is 22.8 Å². The highest BCUT2D eigenvalue weighted by atomic mass is 35.5. The predicted octanol–water partition coefficient (Wildman–Crippen LogP) is 2.17. The zero-order valence-corrected chi connectivity index (χ0v) is 23.0. The number of ether oxygens (including phenoxy) is 3. The average molecular weight is 582 g/mol. The van der Waals surface area contributed by atoms with E-state index in [-0.39, 0.29) is 43.3 Å². The van der Waals surface area contributed by atoms with Crippen LogP contribution < -0.4 is 14.8 Å². The van der Waals surface area contributed by atoms with Gasteiger partial charge in [0.2, 0.25) is 0 Å². The van der Waals surface area contributed by atoms with E-state index < -0.39 is 34.0 Å². The Morgan fingerprint density at radius 3 is 2.49 bits per heavy atom. The van der Waals surface area contributed by atoms with Crippen LogP contribution in [0.15, 0.2) is 69.6 Å². The van der Waals surface area contributed by atoms with Gasteiger partial charge in [-0.15, -0.1) is 0 Å². The van der Waals surface area contributed by atoms with Crippen molar-refractivity contribution < 1.29 is 41.4 Å². The lowest BCUT2D eigenvalue weighted by Gasteiger charge is -2.31. The molecule has 1 atom stereocenters. The van der Waals surface area contributed by atoms with Gasteiger partial charge in [-0.1, -0.05) is 29.8 Å². The highest BCUT2D eigenvalue weighted by Gasteiger charge is 2.39. The Balaban J connectivity index is 1.79. The molecule has 2 heterocycles. The van der Waals surface area contributed by atoms with Crippen molar-refractivity contribution in [3.05, 3.63) is 81.5 Å². The number of methoxy groups -OCH3 is 1. The van der Waals surface area contributed by atoms with Gasteiger partial charge < -0.3 is 23.9 Å². The molecule has 2 aromatic rings. The van der Waals surface area contributed by atoms with Crippen molar-refractivity contribution >= 4 is 39.7 Å². The first-order chi connectivity index (χ1) is 18.6. The molecule has 0 radical (unpaired) electrons. The average Bonchev–Trinajstić information content (AvgIpc) is 3.43. The van der Waals surface area contributed by atoms with Crippen molar-refractivity contribution in [2.24, 2.45) is 0 Å². The predicted molar refractivity (Wildman–Crippen MR) is 140 cm³/mol. The van der Waals surface area contributed by atoms with Crippen LogP contribution in [-0.4, -0.2) is 59.7 Å². The molecule has 1 aromatic heterocycles. The zero-order chi connectivity index (χ0) is 28.6. The summed E-state index contributed by atoms with van der Waals surface area (Å²) in [6, 6.07) is 9.54. The largest absolute Gasteiger partial charge is 0.466 e. The van der Waals surface area contributed by atoms with Crippen LogP contribution in [0.25, 0.3) is 0 Å². The molecule has 12 nitrogen and oxygen atoms in total. The molecule has 0 aliphatic carbocycles. The van der Waals surface area contributed by atoms with Crippen LogP contribution in [0.2, 0.25) is 5.02 Å². The zero-order valence-electron chi connectivity index (χ0n) is 21.4. The van der Waals surface area contributed by atoms with Gasteiger partial charge in [-0.05, 0) is 37.6 Å². The molecule has 1 unspecified atom stereocenters. The van der Waals surface area contributed by atoms with E-state index in [1.54, 1.807) is 38.1 Å². The first kappa shape index (κ1) is 29.9. The second-order valence-corrected chi connectivity index (χ2v) is 9.99. The van der Waals surface area contributed by atoms with Crippen LogP contribution in [0.5, 0.6) is 0 Å². The van der Waals surface area contributed by atoms with Crippen LogP contribution >= 0.6 is 11.6 Å².